The number of aliphatic carboxylic acids is 1. The normalized spacial score (nSPS) is 14.8. The molecule has 7 rings (SSSR count). The molecule has 34 heteroatoms. The molecule has 1 saturated heterocycles. The zero-order valence-electron chi connectivity index (χ0n) is 66.2. The van der Waals surface area contributed by atoms with Crippen molar-refractivity contribution < 1.29 is 72.5 Å². The van der Waals surface area contributed by atoms with Crippen molar-refractivity contribution in [3.63, 3.8) is 0 Å². The van der Waals surface area contributed by atoms with Crippen LogP contribution >= 0.6 is 11.6 Å². The molecule has 0 radical (unpaired) electrons. The fourth-order valence-corrected chi connectivity index (χ4v) is 13.2. The fourth-order valence-electron chi connectivity index (χ4n) is 13.1. The van der Waals surface area contributed by atoms with Gasteiger partial charge in [0, 0.05) is 81.7 Å². The summed E-state index contributed by atoms with van der Waals surface area (Å²) in [5, 5.41) is 56.0. The number of likely N-dealkylation sites (tertiary alicyclic amines) is 1. The second-order valence-electron chi connectivity index (χ2n) is 29.6. The summed E-state index contributed by atoms with van der Waals surface area (Å²) in [4.78, 5) is 197. The van der Waals surface area contributed by atoms with Crippen molar-refractivity contribution >= 4 is 111 Å². The minimum absolute atomic E-state index is 0.00460. The molecule has 0 aliphatic carbocycles. The molecule has 10 atom stereocenters. The summed E-state index contributed by atoms with van der Waals surface area (Å²) in [6.45, 7) is 9.85. The molecule has 1 aliphatic rings. The molecule has 12 amide bonds. The zero-order valence-corrected chi connectivity index (χ0v) is 67.0. The summed E-state index contributed by atoms with van der Waals surface area (Å²) < 4.78 is 0. The standard InChI is InChI=1S/C82H109ClN18O15/c1-48(2)39-63(75(108)96-62(22-11-12-35-87-49(3)4)81(114)101-38-16-23-68(101)80(113)92-50(5)82(115)116)97-74(107)61(21-10-14-37-89-72(105)58-29-33-70(85)91-46-58)94-73(106)60(20-9-13-36-88-71(104)57-28-32-69(84)90-45-57)95-79(112)67(47-102)100-78(111)66(43-54-17-15-34-86-44-54)99-77(110)65(41-52-25-30-59(83)31-26-52)98-76(109)64(93-51(6)103)42-53-24-27-55-18-7-8-19-56(55)40-53/h7-8,15,17-19,24-34,40,44-46,48-50,60-68,87,102H,9-14,16,20-23,35-39,41-43,47H2,1-6H3,(H2,84,90)(H2,85,91)(H,88,104)(H,89,105)(H,92,113)(H,93,103)(H,94,106)(H,95,112)(H,96,108)(H,97,107)(H,98,109)(H,99,110)(H,100,111)(H,115,116)/t50-,60-,61-,62-,63-,64-,65-,66-,67-,68+/m0/s1. The molecule has 6 aromatic rings. The molecule has 0 bridgehead atoms. The van der Waals surface area contributed by atoms with Gasteiger partial charge >= 0.3 is 5.97 Å². The number of nitrogens with one attached hydrogen (secondary N) is 12. The highest BCUT2D eigenvalue weighted by Gasteiger charge is 2.41. The number of rotatable bonds is 46. The third kappa shape index (κ3) is 30.2. The molecule has 18 N–H and O–H groups in total. The summed E-state index contributed by atoms with van der Waals surface area (Å²) in [6.07, 6.45) is 7.23. The number of hydrogen-bond donors (Lipinski definition) is 16. The Labute approximate surface area is 679 Å². The van der Waals surface area contributed by atoms with E-state index >= 15 is 9.59 Å². The molecule has 3 aromatic carbocycles. The van der Waals surface area contributed by atoms with Crippen LogP contribution in [0.15, 0.2) is 128 Å². The van der Waals surface area contributed by atoms with Crippen LogP contribution in [0, 0.1) is 5.92 Å². The fraction of sp³-hybridized carbons (Fsp3) is 0.463. The van der Waals surface area contributed by atoms with Crippen LogP contribution in [0.3, 0.4) is 0 Å². The highest BCUT2D eigenvalue weighted by molar-refractivity contribution is 6.30. The molecule has 1 fully saturated rings. The molecule has 1 aliphatic heterocycles. The number of pyridine rings is 3. The number of aliphatic hydroxyl groups excluding tert-OH is 1. The average Bonchev–Trinajstić information content (AvgIpc) is 1.46. The van der Waals surface area contributed by atoms with Gasteiger partial charge in [0.1, 0.15) is 72.1 Å². The van der Waals surface area contributed by atoms with Crippen molar-refractivity contribution in [3.05, 3.63) is 161 Å². The number of carbonyl (C=O) groups excluding carboxylic acids is 12. The molecule has 0 unspecified atom stereocenters. The van der Waals surface area contributed by atoms with Crippen LogP contribution < -0.4 is 75.3 Å². The third-order valence-electron chi connectivity index (χ3n) is 19.3. The topological polar surface area (TPSA) is 501 Å². The molecule has 116 heavy (non-hydrogen) atoms. The summed E-state index contributed by atoms with van der Waals surface area (Å²) in [6, 6.07) is 14.9. The lowest BCUT2D eigenvalue weighted by Gasteiger charge is -2.31. The van der Waals surface area contributed by atoms with Crippen molar-refractivity contribution in [3.8, 4) is 0 Å². The van der Waals surface area contributed by atoms with E-state index in [-0.39, 0.29) is 131 Å². The Morgan fingerprint density at radius 2 is 0.974 bits per heavy atom. The number of aromatic nitrogens is 3. The van der Waals surface area contributed by atoms with Crippen LogP contribution in [-0.2, 0) is 72.0 Å². The van der Waals surface area contributed by atoms with Crippen LogP contribution in [0.25, 0.3) is 10.8 Å². The first-order valence-electron chi connectivity index (χ1n) is 39.1. The number of amides is 12. The SMILES string of the molecule is CC(=O)N[C@@H](Cc1ccc2ccccc2c1)C(=O)N[C@@H](Cc1ccc(Cl)cc1)C(=O)N[C@@H](Cc1cccnc1)C(=O)N[C@@H](CO)C(=O)N[C@@H](CCCCNC(=O)c1ccc(N)nc1)C(=O)N[C@@H](CCCCNC(=O)c1ccc(N)nc1)C(=O)N[C@@H](CC(C)C)C(=O)N[C@@H](CCCCNC(C)C)C(=O)N1CCC[C@@H]1C(=O)N[C@@H](C)C(=O)O. The molecule has 0 spiro atoms. The van der Waals surface area contributed by atoms with Gasteiger partial charge in [0.15, 0.2) is 0 Å². The van der Waals surface area contributed by atoms with E-state index in [1.165, 1.54) is 67.8 Å². The number of halogens is 1. The average molecular weight is 1620 g/mol. The first-order chi connectivity index (χ1) is 55.4. The lowest BCUT2D eigenvalue weighted by Crippen LogP contribution is -2.61. The number of unbranched alkanes of at least 4 members (excludes halogenated alkanes) is 3. The Bertz CT molecular complexity index is 4320. The quantitative estimate of drug-likeness (QED) is 0.0244. The molecule has 3 aromatic heterocycles. The number of carboxylic acid groups (broad SMARTS) is 1. The monoisotopic (exact) mass is 1620 g/mol. The van der Waals surface area contributed by atoms with Crippen LogP contribution in [0.2, 0.25) is 5.02 Å². The van der Waals surface area contributed by atoms with Crippen molar-refractivity contribution in [2.24, 2.45) is 5.92 Å². The number of carboxylic acids is 1. The van der Waals surface area contributed by atoms with Crippen molar-refractivity contribution in [1.82, 2.24) is 83.7 Å². The van der Waals surface area contributed by atoms with E-state index in [0.29, 0.717) is 47.5 Å². The summed E-state index contributed by atoms with van der Waals surface area (Å²) in [5.74, 6) is -10.3. The number of aliphatic hydroxyl groups is 1. The summed E-state index contributed by atoms with van der Waals surface area (Å²) in [5.41, 5.74) is 13.6. The lowest BCUT2D eigenvalue weighted by molar-refractivity contribution is -0.144. The number of nitrogen functional groups attached to an aromatic ring is 2. The van der Waals surface area contributed by atoms with Crippen LogP contribution in [0.1, 0.15) is 156 Å². The van der Waals surface area contributed by atoms with E-state index in [2.05, 4.69) is 78.8 Å². The van der Waals surface area contributed by atoms with Gasteiger partial charge in [-0.15, -0.1) is 0 Å². The number of anilines is 2. The number of carbonyl (C=O) groups is 13. The predicted octanol–water partition coefficient (Wildman–Crippen LogP) is 2.76. The number of fused-ring (bicyclic) bond motifs is 1. The van der Waals surface area contributed by atoms with E-state index in [1.807, 2.05) is 56.3 Å². The number of nitrogens with zero attached hydrogens (tertiary/aromatic N) is 4. The van der Waals surface area contributed by atoms with E-state index in [1.54, 1.807) is 50.2 Å². The van der Waals surface area contributed by atoms with Crippen molar-refractivity contribution in [2.75, 3.05) is 44.3 Å². The summed E-state index contributed by atoms with van der Waals surface area (Å²) in [7, 11) is 0. The van der Waals surface area contributed by atoms with Crippen molar-refractivity contribution in [1.29, 1.82) is 0 Å². The lowest BCUT2D eigenvalue weighted by atomic mass is 9.99. The number of nitrogens with two attached hydrogens (primary N) is 2. The maximum absolute atomic E-state index is 15.2. The predicted molar refractivity (Wildman–Crippen MR) is 435 cm³/mol. The molecule has 624 valence electrons. The Morgan fingerprint density at radius 1 is 0.500 bits per heavy atom. The van der Waals surface area contributed by atoms with Gasteiger partial charge in [0.25, 0.3) is 11.8 Å². The van der Waals surface area contributed by atoms with Gasteiger partial charge in [-0.2, -0.15) is 0 Å². The number of hydrogen-bond acceptors (Lipinski definition) is 20. The van der Waals surface area contributed by atoms with Crippen molar-refractivity contribution in [2.45, 2.75) is 204 Å². The molecular formula is C82H109ClN18O15. The first-order valence-corrected chi connectivity index (χ1v) is 39.5. The molecule has 4 heterocycles. The number of benzene rings is 3. The van der Waals surface area contributed by atoms with Gasteiger partial charge in [-0.3, -0.25) is 67.3 Å². The molecule has 33 nitrogen and oxygen atoms in total. The van der Waals surface area contributed by atoms with E-state index in [9.17, 15) is 63.0 Å². The van der Waals surface area contributed by atoms with Gasteiger partial charge < -0.3 is 90.4 Å². The highest BCUT2D eigenvalue weighted by atomic mass is 35.5. The maximum atomic E-state index is 15.2. The Hall–Kier alpha value is -11.7. The largest absolute Gasteiger partial charge is 0.480 e. The van der Waals surface area contributed by atoms with Gasteiger partial charge in [-0.05, 0) is 166 Å². The van der Waals surface area contributed by atoms with Gasteiger partial charge in [0.2, 0.25) is 59.1 Å². The van der Waals surface area contributed by atoms with Gasteiger partial charge in [-0.25, -0.2) is 9.97 Å². The van der Waals surface area contributed by atoms with E-state index in [4.69, 9.17) is 23.1 Å². The second-order valence-corrected chi connectivity index (χ2v) is 30.0. The molecule has 0 saturated carbocycles. The molecular weight excluding hydrogens is 1510 g/mol. The Balaban J connectivity index is 1.16. The van der Waals surface area contributed by atoms with E-state index < -0.39 is 144 Å². The van der Waals surface area contributed by atoms with Crippen LogP contribution in [-0.4, -0.2) is 206 Å². The Morgan fingerprint density at radius 3 is 1.49 bits per heavy atom. The minimum Gasteiger partial charge on any atom is -0.480 e. The first kappa shape index (κ1) is 91.5. The smallest absolute Gasteiger partial charge is 0.325 e. The van der Waals surface area contributed by atoms with E-state index in [0.717, 1.165) is 10.8 Å². The Kier molecular flexibility index (Phi) is 36.7. The van der Waals surface area contributed by atoms with Crippen LogP contribution in [0.5, 0.6) is 0 Å². The maximum Gasteiger partial charge on any atom is 0.325 e. The highest BCUT2D eigenvalue weighted by Crippen LogP contribution is 2.23. The zero-order chi connectivity index (χ0) is 84.4. The second kappa shape index (κ2) is 46.6. The van der Waals surface area contributed by atoms with Crippen LogP contribution in [0.4, 0.5) is 11.6 Å². The van der Waals surface area contributed by atoms with Gasteiger partial charge in [-0.1, -0.05) is 100.0 Å². The minimum atomic E-state index is -1.85. The summed E-state index contributed by atoms with van der Waals surface area (Å²) >= 11 is 6.27. The van der Waals surface area contributed by atoms with Gasteiger partial charge in [0.05, 0.1) is 17.7 Å². The third-order valence-corrected chi connectivity index (χ3v) is 19.6.